The first kappa shape index (κ1) is 18.5. The Kier molecular flexibility index (Phi) is 5.55. The maximum Gasteiger partial charge on any atom is 0.263 e. The van der Waals surface area contributed by atoms with E-state index < -0.39 is 0 Å². The molecule has 1 amide bonds. The van der Waals surface area contributed by atoms with Crippen LogP contribution in [-0.2, 0) is 11.2 Å². The van der Waals surface area contributed by atoms with E-state index in [1.165, 1.54) is 11.8 Å². The molecule has 2 aromatic carbocycles. The van der Waals surface area contributed by atoms with E-state index in [4.69, 9.17) is 21.4 Å². The molecule has 140 valence electrons. The molecule has 1 N–H and O–H groups in total. The monoisotopic (exact) mass is 408 g/mol. The van der Waals surface area contributed by atoms with Crippen molar-refractivity contribution in [1.29, 1.82) is 0 Å². The van der Waals surface area contributed by atoms with E-state index in [0.29, 0.717) is 28.1 Å². The molecule has 0 bridgehead atoms. The number of amides is 1. The predicted octanol–water partition coefficient (Wildman–Crippen LogP) is 4.45. The fourth-order valence-corrected chi connectivity index (χ4v) is 3.69. The van der Waals surface area contributed by atoms with Crippen LogP contribution in [0.15, 0.2) is 70.2 Å². The van der Waals surface area contributed by atoms with Crippen molar-refractivity contribution >= 4 is 40.3 Å². The van der Waals surface area contributed by atoms with Crippen LogP contribution in [0.5, 0.6) is 5.75 Å². The number of thiocarbonyl (C=S) groups is 1. The van der Waals surface area contributed by atoms with Gasteiger partial charge in [-0.25, -0.2) is 4.98 Å². The molecular formula is C21H16N2O3S2. The normalized spacial score (nSPS) is 15.1. The number of oxazole rings is 1. The average molecular weight is 409 g/mol. The zero-order valence-electron chi connectivity index (χ0n) is 14.8. The third-order valence-corrected chi connectivity index (χ3v) is 5.18. The maximum absolute atomic E-state index is 11.7. The molecule has 7 heteroatoms. The molecule has 0 saturated carbocycles. The maximum atomic E-state index is 11.7. The molecule has 3 aromatic rings. The Bertz CT molecular complexity index is 1030. The number of nitrogens with zero attached hydrogens (tertiary/aromatic N) is 1. The second-order valence-corrected chi connectivity index (χ2v) is 7.75. The molecule has 1 aromatic heterocycles. The number of ether oxygens (including phenoxy) is 1. The molecule has 0 atom stereocenters. The van der Waals surface area contributed by atoms with Gasteiger partial charge in [0.25, 0.3) is 5.91 Å². The Morgan fingerprint density at radius 1 is 1.14 bits per heavy atom. The molecule has 0 spiro atoms. The van der Waals surface area contributed by atoms with Crippen molar-refractivity contribution in [3.8, 4) is 17.2 Å². The largest absolute Gasteiger partial charge is 0.493 e. The first-order valence-electron chi connectivity index (χ1n) is 8.65. The summed E-state index contributed by atoms with van der Waals surface area (Å²) < 4.78 is 11.8. The first-order valence-corrected chi connectivity index (χ1v) is 9.87. The Balaban J connectivity index is 1.31. The quantitative estimate of drug-likeness (QED) is 0.480. The molecule has 1 saturated heterocycles. The second-order valence-electron chi connectivity index (χ2n) is 6.03. The van der Waals surface area contributed by atoms with E-state index in [0.717, 1.165) is 22.6 Å². The first-order chi connectivity index (χ1) is 13.7. The number of aromatic nitrogens is 1. The van der Waals surface area contributed by atoms with Crippen molar-refractivity contribution in [3.05, 3.63) is 77.0 Å². The molecule has 1 fully saturated rings. The van der Waals surface area contributed by atoms with Crippen LogP contribution in [0.3, 0.4) is 0 Å². The number of nitrogens with one attached hydrogen (secondary N) is 1. The lowest BCUT2D eigenvalue weighted by molar-refractivity contribution is -0.115. The molecule has 0 unspecified atom stereocenters. The van der Waals surface area contributed by atoms with Crippen LogP contribution in [0.2, 0.25) is 0 Å². The number of carbonyl (C=O) groups is 1. The second kappa shape index (κ2) is 8.41. The van der Waals surface area contributed by atoms with Gasteiger partial charge in [-0.15, -0.1) is 0 Å². The summed E-state index contributed by atoms with van der Waals surface area (Å²) in [6, 6.07) is 17.3. The van der Waals surface area contributed by atoms with Gasteiger partial charge in [0.15, 0.2) is 0 Å². The fraction of sp³-hybridized carbons (Fsp3) is 0.0952. The van der Waals surface area contributed by atoms with Gasteiger partial charge in [-0.2, -0.15) is 0 Å². The standard InChI is InChI=1S/C21H16N2O3S2/c24-19-18(28-21(27)23-19)12-14-6-8-17(9-7-14)25-11-10-16-13-26-20(22-16)15-4-2-1-3-5-15/h1-9,12-13H,10-11H2,(H,23,24,27). The molecule has 0 radical (unpaired) electrons. The summed E-state index contributed by atoms with van der Waals surface area (Å²) in [5.74, 6) is 1.21. The molecule has 2 heterocycles. The highest BCUT2D eigenvalue weighted by atomic mass is 32.2. The molecule has 0 aliphatic carbocycles. The van der Waals surface area contributed by atoms with Crippen LogP contribution in [0, 0.1) is 0 Å². The summed E-state index contributed by atoms with van der Waals surface area (Å²) in [7, 11) is 0. The van der Waals surface area contributed by atoms with Gasteiger partial charge in [-0.1, -0.05) is 54.3 Å². The van der Waals surface area contributed by atoms with Crippen molar-refractivity contribution in [3.63, 3.8) is 0 Å². The van der Waals surface area contributed by atoms with E-state index in [2.05, 4.69) is 10.3 Å². The number of hydrogen-bond acceptors (Lipinski definition) is 6. The zero-order valence-corrected chi connectivity index (χ0v) is 16.4. The Hall–Kier alpha value is -2.90. The number of thioether (sulfide) groups is 1. The Morgan fingerprint density at radius 3 is 2.64 bits per heavy atom. The lowest BCUT2D eigenvalue weighted by Gasteiger charge is -2.05. The highest BCUT2D eigenvalue weighted by Gasteiger charge is 2.21. The lowest BCUT2D eigenvalue weighted by Crippen LogP contribution is -2.17. The molecule has 1 aliphatic heterocycles. The van der Waals surface area contributed by atoms with Gasteiger partial charge in [-0.05, 0) is 35.9 Å². The number of carbonyl (C=O) groups excluding carboxylic acids is 1. The topological polar surface area (TPSA) is 64.4 Å². The summed E-state index contributed by atoms with van der Waals surface area (Å²) in [5.41, 5.74) is 2.72. The van der Waals surface area contributed by atoms with E-state index >= 15 is 0 Å². The van der Waals surface area contributed by atoms with Crippen LogP contribution >= 0.6 is 24.0 Å². The average Bonchev–Trinajstić information content (AvgIpc) is 3.30. The van der Waals surface area contributed by atoms with Crippen molar-refractivity contribution in [2.75, 3.05) is 6.61 Å². The predicted molar refractivity (Wildman–Crippen MR) is 114 cm³/mol. The third kappa shape index (κ3) is 4.49. The van der Waals surface area contributed by atoms with Crippen molar-refractivity contribution in [2.45, 2.75) is 6.42 Å². The van der Waals surface area contributed by atoms with E-state index in [-0.39, 0.29) is 5.91 Å². The van der Waals surface area contributed by atoms with Crippen LogP contribution in [0.25, 0.3) is 17.5 Å². The molecule has 1 aliphatic rings. The van der Waals surface area contributed by atoms with Crippen LogP contribution in [-0.4, -0.2) is 21.8 Å². The van der Waals surface area contributed by atoms with Gasteiger partial charge >= 0.3 is 0 Å². The number of rotatable bonds is 6. The minimum Gasteiger partial charge on any atom is -0.493 e. The van der Waals surface area contributed by atoms with Crippen molar-refractivity contribution < 1.29 is 13.9 Å². The minimum atomic E-state index is -0.155. The summed E-state index contributed by atoms with van der Waals surface area (Å²) in [6.45, 7) is 0.494. The van der Waals surface area contributed by atoms with Crippen molar-refractivity contribution in [2.24, 2.45) is 0 Å². The summed E-state index contributed by atoms with van der Waals surface area (Å²) in [4.78, 5) is 16.8. The summed E-state index contributed by atoms with van der Waals surface area (Å²) >= 11 is 6.26. The van der Waals surface area contributed by atoms with Gasteiger partial charge in [0.05, 0.1) is 17.2 Å². The van der Waals surface area contributed by atoms with Crippen molar-refractivity contribution in [1.82, 2.24) is 10.3 Å². The van der Waals surface area contributed by atoms with Crippen LogP contribution in [0.4, 0.5) is 0 Å². The Morgan fingerprint density at radius 2 is 1.93 bits per heavy atom. The molecule has 28 heavy (non-hydrogen) atoms. The smallest absolute Gasteiger partial charge is 0.263 e. The number of benzene rings is 2. The molecule has 4 rings (SSSR count). The highest BCUT2D eigenvalue weighted by Crippen LogP contribution is 2.26. The van der Waals surface area contributed by atoms with Gasteiger partial charge < -0.3 is 14.5 Å². The zero-order chi connectivity index (χ0) is 19.3. The summed E-state index contributed by atoms with van der Waals surface area (Å²) in [6.07, 6.45) is 4.12. The highest BCUT2D eigenvalue weighted by molar-refractivity contribution is 8.26. The van der Waals surface area contributed by atoms with E-state index in [1.807, 2.05) is 60.7 Å². The number of hydrogen-bond donors (Lipinski definition) is 1. The van der Waals surface area contributed by atoms with E-state index in [9.17, 15) is 4.79 Å². The van der Waals surface area contributed by atoms with Gasteiger partial charge in [-0.3, -0.25) is 4.79 Å². The summed E-state index contributed by atoms with van der Waals surface area (Å²) in [5, 5.41) is 2.60. The van der Waals surface area contributed by atoms with Crippen LogP contribution < -0.4 is 10.1 Å². The van der Waals surface area contributed by atoms with Gasteiger partial charge in [0.2, 0.25) is 5.89 Å². The Labute approximate surface area is 171 Å². The van der Waals surface area contributed by atoms with E-state index in [1.54, 1.807) is 6.26 Å². The third-order valence-electron chi connectivity index (χ3n) is 4.02. The molecule has 5 nitrogen and oxygen atoms in total. The SMILES string of the molecule is O=C1NC(=S)SC1=Cc1ccc(OCCc2coc(-c3ccccc3)n2)cc1. The molecular weight excluding hydrogens is 392 g/mol. The lowest BCUT2D eigenvalue weighted by atomic mass is 10.2. The van der Waals surface area contributed by atoms with Crippen LogP contribution in [0.1, 0.15) is 11.3 Å². The minimum absolute atomic E-state index is 0.155. The fourth-order valence-electron chi connectivity index (χ4n) is 2.64. The van der Waals surface area contributed by atoms with Gasteiger partial charge in [0, 0.05) is 12.0 Å². The van der Waals surface area contributed by atoms with Gasteiger partial charge in [0.1, 0.15) is 16.3 Å².